The van der Waals surface area contributed by atoms with Crippen LogP contribution >= 0.6 is 0 Å². The van der Waals surface area contributed by atoms with Gasteiger partial charge in [0.15, 0.2) is 5.69 Å². The van der Waals surface area contributed by atoms with Crippen molar-refractivity contribution < 1.29 is 9.53 Å². The van der Waals surface area contributed by atoms with Crippen LogP contribution in [0.2, 0.25) is 0 Å². The van der Waals surface area contributed by atoms with Crippen LogP contribution in [0.5, 0.6) is 5.75 Å². The molecule has 3 rings (SSSR count). The number of para-hydroxylation sites is 1. The Labute approximate surface area is 128 Å². The molecule has 114 valence electrons. The molecule has 1 saturated carbocycles. The number of methoxy groups -OCH3 is 1. The first-order valence-corrected chi connectivity index (χ1v) is 7.26. The number of carbonyl (C=O) groups excluding carboxylic acids is 1. The van der Waals surface area contributed by atoms with Crippen LogP contribution in [0, 0.1) is 0 Å². The SMILES string of the molecule is COc1ccccc1CNC(=O)c1ccc(NC2CC2)nn1. The molecular weight excluding hydrogens is 280 g/mol. The first kappa shape index (κ1) is 14.3. The highest BCUT2D eigenvalue weighted by Crippen LogP contribution is 2.23. The van der Waals surface area contributed by atoms with Gasteiger partial charge < -0.3 is 15.4 Å². The van der Waals surface area contributed by atoms with E-state index in [9.17, 15) is 4.79 Å². The maximum absolute atomic E-state index is 12.1. The van der Waals surface area contributed by atoms with E-state index < -0.39 is 0 Å². The zero-order valence-corrected chi connectivity index (χ0v) is 12.4. The van der Waals surface area contributed by atoms with Crippen LogP contribution in [0.3, 0.4) is 0 Å². The number of aromatic nitrogens is 2. The third kappa shape index (κ3) is 3.52. The summed E-state index contributed by atoms with van der Waals surface area (Å²) in [6, 6.07) is 11.5. The van der Waals surface area contributed by atoms with Crippen molar-refractivity contribution >= 4 is 11.7 Å². The van der Waals surface area contributed by atoms with Crippen molar-refractivity contribution in [3.63, 3.8) is 0 Å². The van der Waals surface area contributed by atoms with Gasteiger partial charge in [0.05, 0.1) is 7.11 Å². The lowest BCUT2D eigenvalue weighted by Gasteiger charge is -2.09. The quantitative estimate of drug-likeness (QED) is 0.853. The van der Waals surface area contributed by atoms with Gasteiger partial charge in [-0.2, -0.15) is 0 Å². The molecule has 1 aromatic heterocycles. The second-order valence-corrected chi connectivity index (χ2v) is 5.22. The highest BCUT2D eigenvalue weighted by Gasteiger charge is 2.21. The molecule has 1 aromatic carbocycles. The predicted octanol–water partition coefficient (Wildman–Crippen LogP) is 1.99. The van der Waals surface area contributed by atoms with Crippen LogP contribution in [0.15, 0.2) is 36.4 Å². The zero-order valence-electron chi connectivity index (χ0n) is 12.4. The second-order valence-electron chi connectivity index (χ2n) is 5.22. The van der Waals surface area contributed by atoms with Crippen molar-refractivity contribution in [2.75, 3.05) is 12.4 Å². The Hall–Kier alpha value is -2.63. The van der Waals surface area contributed by atoms with E-state index >= 15 is 0 Å². The van der Waals surface area contributed by atoms with Crippen molar-refractivity contribution in [2.45, 2.75) is 25.4 Å². The second kappa shape index (κ2) is 6.43. The van der Waals surface area contributed by atoms with Gasteiger partial charge in [-0.25, -0.2) is 0 Å². The third-order valence-electron chi connectivity index (χ3n) is 3.46. The largest absolute Gasteiger partial charge is 0.496 e. The maximum Gasteiger partial charge on any atom is 0.272 e. The molecule has 0 atom stereocenters. The Balaban J connectivity index is 1.59. The number of anilines is 1. The minimum absolute atomic E-state index is 0.253. The lowest BCUT2D eigenvalue weighted by atomic mass is 10.2. The van der Waals surface area contributed by atoms with E-state index in [1.807, 2.05) is 24.3 Å². The molecule has 1 fully saturated rings. The first-order valence-electron chi connectivity index (χ1n) is 7.26. The summed E-state index contributed by atoms with van der Waals surface area (Å²) in [6.45, 7) is 0.382. The molecule has 0 unspecified atom stereocenters. The fourth-order valence-corrected chi connectivity index (χ4v) is 2.08. The van der Waals surface area contributed by atoms with Gasteiger partial charge in [-0.1, -0.05) is 18.2 Å². The third-order valence-corrected chi connectivity index (χ3v) is 3.46. The standard InChI is InChI=1S/C16H18N4O2/c1-22-14-5-3-2-4-11(14)10-17-16(21)13-8-9-15(20-19-13)18-12-6-7-12/h2-5,8-9,12H,6-7,10H2,1H3,(H,17,21)(H,18,20). The average molecular weight is 298 g/mol. The molecule has 1 heterocycles. The van der Waals surface area contributed by atoms with Gasteiger partial charge >= 0.3 is 0 Å². The van der Waals surface area contributed by atoms with E-state index in [0.29, 0.717) is 24.1 Å². The Morgan fingerprint density at radius 2 is 2.05 bits per heavy atom. The lowest BCUT2D eigenvalue weighted by Crippen LogP contribution is -2.24. The Morgan fingerprint density at radius 3 is 2.73 bits per heavy atom. The van der Waals surface area contributed by atoms with Crippen molar-refractivity contribution in [3.05, 3.63) is 47.7 Å². The fourth-order valence-electron chi connectivity index (χ4n) is 2.08. The van der Waals surface area contributed by atoms with Crippen LogP contribution in [0.1, 0.15) is 28.9 Å². The summed E-state index contributed by atoms with van der Waals surface area (Å²) in [5.74, 6) is 1.21. The van der Waals surface area contributed by atoms with E-state index in [2.05, 4.69) is 20.8 Å². The number of nitrogens with zero attached hydrogens (tertiary/aromatic N) is 2. The van der Waals surface area contributed by atoms with Gasteiger partial charge in [0.2, 0.25) is 0 Å². The van der Waals surface area contributed by atoms with Gasteiger partial charge in [-0.3, -0.25) is 4.79 Å². The predicted molar refractivity (Wildman–Crippen MR) is 82.8 cm³/mol. The van der Waals surface area contributed by atoms with E-state index in [-0.39, 0.29) is 5.91 Å². The van der Waals surface area contributed by atoms with Crippen LogP contribution < -0.4 is 15.4 Å². The molecule has 0 saturated heterocycles. The van der Waals surface area contributed by atoms with Crippen molar-refractivity contribution in [1.82, 2.24) is 15.5 Å². The highest BCUT2D eigenvalue weighted by molar-refractivity contribution is 5.92. The van der Waals surface area contributed by atoms with Crippen LogP contribution in [-0.2, 0) is 6.54 Å². The highest BCUT2D eigenvalue weighted by atomic mass is 16.5. The molecule has 2 aromatic rings. The van der Waals surface area contributed by atoms with Crippen LogP contribution in [0.4, 0.5) is 5.82 Å². The zero-order chi connectivity index (χ0) is 15.4. The number of hydrogen-bond acceptors (Lipinski definition) is 5. The topological polar surface area (TPSA) is 76.1 Å². The van der Waals surface area contributed by atoms with Crippen molar-refractivity contribution in [2.24, 2.45) is 0 Å². The number of hydrogen-bond donors (Lipinski definition) is 2. The summed E-state index contributed by atoms with van der Waals surface area (Å²) < 4.78 is 5.25. The van der Waals surface area contributed by atoms with Gasteiger partial charge in [0, 0.05) is 18.2 Å². The summed E-state index contributed by atoms with van der Waals surface area (Å²) in [6.07, 6.45) is 2.34. The summed E-state index contributed by atoms with van der Waals surface area (Å²) in [4.78, 5) is 12.1. The Morgan fingerprint density at radius 1 is 1.23 bits per heavy atom. The van der Waals surface area contributed by atoms with Gasteiger partial charge in [-0.15, -0.1) is 10.2 Å². The molecule has 0 bridgehead atoms. The molecule has 0 radical (unpaired) electrons. The summed E-state index contributed by atoms with van der Waals surface area (Å²) >= 11 is 0. The smallest absolute Gasteiger partial charge is 0.272 e. The molecule has 6 heteroatoms. The molecule has 22 heavy (non-hydrogen) atoms. The van der Waals surface area contributed by atoms with E-state index in [4.69, 9.17) is 4.74 Å². The monoisotopic (exact) mass is 298 g/mol. The minimum Gasteiger partial charge on any atom is -0.496 e. The Bertz CT molecular complexity index is 653. The van der Waals surface area contributed by atoms with E-state index in [0.717, 1.165) is 11.3 Å². The molecular formula is C16H18N4O2. The number of benzene rings is 1. The van der Waals surface area contributed by atoms with E-state index in [1.54, 1.807) is 19.2 Å². The number of amides is 1. The van der Waals surface area contributed by atoms with Gasteiger partial charge in [0.1, 0.15) is 11.6 Å². The number of ether oxygens (including phenoxy) is 1. The van der Waals surface area contributed by atoms with Gasteiger partial charge in [0.25, 0.3) is 5.91 Å². The molecule has 0 aliphatic heterocycles. The molecule has 0 spiro atoms. The summed E-state index contributed by atoms with van der Waals surface area (Å²) in [5, 5.41) is 14.0. The molecule has 1 aliphatic rings. The lowest BCUT2D eigenvalue weighted by molar-refractivity contribution is 0.0944. The van der Waals surface area contributed by atoms with Crippen LogP contribution in [-0.4, -0.2) is 29.3 Å². The van der Waals surface area contributed by atoms with E-state index in [1.165, 1.54) is 12.8 Å². The number of carbonyl (C=O) groups is 1. The van der Waals surface area contributed by atoms with Crippen molar-refractivity contribution in [3.8, 4) is 5.75 Å². The first-order chi connectivity index (χ1) is 10.8. The molecule has 1 amide bonds. The molecule has 6 nitrogen and oxygen atoms in total. The molecule has 2 N–H and O–H groups in total. The summed E-state index contributed by atoms with van der Waals surface area (Å²) in [5.41, 5.74) is 1.22. The maximum atomic E-state index is 12.1. The fraction of sp³-hybridized carbons (Fsp3) is 0.312. The van der Waals surface area contributed by atoms with Gasteiger partial charge in [-0.05, 0) is 31.0 Å². The van der Waals surface area contributed by atoms with Crippen molar-refractivity contribution in [1.29, 1.82) is 0 Å². The van der Waals surface area contributed by atoms with Crippen LogP contribution in [0.25, 0.3) is 0 Å². The number of rotatable bonds is 6. The number of nitrogens with one attached hydrogen (secondary N) is 2. The Kier molecular flexibility index (Phi) is 4.18. The average Bonchev–Trinajstić information content (AvgIpc) is 3.37. The molecule has 1 aliphatic carbocycles. The minimum atomic E-state index is -0.253. The normalized spacial score (nSPS) is 13.5. The summed E-state index contributed by atoms with van der Waals surface area (Å²) in [7, 11) is 1.61.